The molecule has 1 aromatic rings. The molecule has 0 spiro atoms. The molecule has 3 rings (SSSR count). The summed E-state index contributed by atoms with van der Waals surface area (Å²) in [6.45, 7) is 2.32. The van der Waals surface area contributed by atoms with Crippen LogP contribution in [0.5, 0.6) is 0 Å². The standard InChI is InChI=1S/C17H25NS/c1-2-13-6-5-9-17(18,10-13)11-14-12-19-16-8-4-3-7-15(14)16/h3-4,7-8,13-14H,2,5-6,9-12,18H2,1H3. The van der Waals surface area contributed by atoms with Gasteiger partial charge in [0.25, 0.3) is 0 Å². The van der Waals surface area contributed by atoms with Gasteiger partial charge in [-0.2, -0.15) is 0 Å². The van der Waals surface area contributed by atoms with Crippen LogP contribution in [-0.4, -0.2) is 11.3 Å². The van der Waals surface area contributed by atoms with E-state index in [1.165, 1.54) is 49.2 Å². The minimum Gasteiger partial charge on any atom is -0.325 e. The zero-order valence-electron chi connectivity index (χ0n) is 11.9. The van der Waals surface area contributed by atoms with Crippen LogP contribution in [0.2, 0.25) is 0 Å². The number of hydrogen-bond donors (Lipinski definition) is 1. The molecule has 1 saturated carbocycles. The number of nitrogens with two attached hydrogens (primary N) is 1. The maximum atomic E-state index is 6.75. The molecule has 104 valence electrons. The molecule has 1 aliphatic heterocycles. The summed E-state index contributed by atoms with van der Waals surface area (Å²) in [5.74, 6) is 2.78. The summed E-state index contributed by atoms with van der Waals surface area (Å²) >= 11 is 2.01. The molecular weight excluding hydrogens is 250 g/mol. The van der Waals surface area contributed by atoms with Crippen LogP contribution < -0.4 is 5.73 Å². The lowest BCUT2D eigenvalue weighted by Gasteiger charge is -2.39. The number of benzene rings is 1. The van der Waals surface area contributed by atoms with E-state index in [0.717, 1.165) is 5.92 Å². The summed E-state index contributed by atoms with van der Waals surface area (Å²) in [5, 5.41) is 0. The Hall–Kier alpha value is -0.470. The predicted octanol–water partition coefficient (Wildman–Crippen LogP) is 4.56. The Labute approximate surface area is 121 Å². The molecule has 1 aromatic carbocycles. The quantitative estimate of drug-likeness (QED) is 0.875. The molecule has 0 amide bonds. The second-order valence-corrected chi connectivity index (χ2v) is 7.54. The van der Waals surface area contributed by atoms with Gasteiger partial charge >= 0.3 is 0 Å². The second-order valence-electron chi connectivity index (χ2n) is 6.48. The minimum atomic E-state index is 0.0988. The first kappa shape index (κ1) is 13.5. The molecule has 1 aliphatic carbocycles. The van der Waals surface area contributed by atoms with Crippen molar-refractivity contribution < 1.29 is 0 Å². The van der Waals surface area contributed by atoms with Gasteiger partial charge in [-0.1, -0.05) is 44.4 Å². The van der Waals surface area contributed by atoms with E-state index in [9.17, 15) is 0 Å². The Morgan fingerprint density at radius 1 is 1.37 bits per heavy atom. The largest absolute Gasteiger partial charge is 0.325 e. The van der Waals surface area contributed by atoms with E-state index in [-0.39, 0.29) is 5.54 Å². The van der Waals surface area contributed by atoms with Crippen molar-refractivity contribution in [3.8, 4) is 0 Å². The number of thioether (sulfide) groups is 1. The molecule has 0 bridgehead atoms. The zero-order valence-corrected chi connectivity index (χ0v) is 12.7. The maximum Gasteiger partial charge on any atom is 0.0163 e. The minimum absolute atomic E-state index is 0.0988. The van der Waals surface area contributed by atoms with Crippen LogP contribution in [-0.2, 0) is 0 Å². The summed E-state index contributed by atoms with van der Waals surface area (Å²) in [7, 11) is 0. The number of rotatable bonds is 3. The molecule has 2 heteroatoms. The second kappa shape index (κ2) is 5.49. The van der Waals surface area contributed by atoms with Crippen LogP contribution in [0.15, 0.2) is 29.2 Å². The fraction of sp³-hybridized carbons (Fsp3) is 0.647. The van der Waals surface area contributed by atoms with Gasteiger partial charge in [0.1, 0.15) is 0 Å². The normalized spacial score (nSPS) is 34.2. The van der Waals surface area contributed by atoms with E-state index in [2.05, 4.69) is 31.2 Å². The van der Waals surface area contributed by atoms with Gasteiger partial charge in [-0.25, -0.2) is 0 Å². The van der Waals surface area contributed by atoms with Crippen molar-refractivity contribution in [3.05, 3.63) is 29.8 Å². The van der Waals surface area contributed by atoms with Crippen LogP contribution in [0.4, 0.5) is 0 Å². The summed E-state index contributed by atoms with van der Waals surface area (Å²) in [6, 6.07) is 8.90. The average Bonchev–Trinajstić information content (AvgIpc) is 2.82. The van der Waals surface area contributed by atoms with Gasteiger partial charge in [0.15, 0.2) is 0 Å². The van der Waals surface area contributed by atoms with Crippen molar-refractivity contribution in [1.29, 1.82) is 0 Å². The van der Waals surface area contributed by atoms with Crippen molar-refractivity contribution in [2.24, 2.45) is 11.7 Å². The van der Waals surface area contributed by atoms with Crippen LogP contribution in [0.1, 0.15) is 56.9 Å². The predicted molar refractivity (Wildman–Crippen MR) is 83.7 cm³/mol. The Balaban J connectivity index is 1.72. The molecule has 19 heavy (non-hydrogen) atoms. The topological polar surface area (TPSA) is 26.0 Å². The highest BCUT2D eigenvalue weighted by Gasteiger charge is 2.36. The van der Waals surface area contributed by atoms with Gasteiger partial charge in [0.2, 0.25) is 0 Å². The molecule has 1 fully saturated rings. The molecule has 2 aliphatic rings. The van der Waals surface area contributed by atoms with Gasteiger partial charge in [-0.3, -0.25) is 0 Å². The smallest absolute Gasteiger partial charge is 0.0163 e. The lowest BCUT2D eigenvalue weighted by Crippen LogP contribution is -2.45. The van der Waals surface area contributed by atoms with Crippen molar-refractivity contribution >= 4 is 11.8 Å². The van der Waals surface area contributed by atoms with Gasteiger partial charge in [0.05, 0.1) is 0 Å². The van der Waals surface area contributed by atoms with Crippen molar-refractivity contribution in [2.45, 2.75) is 61.8 Å². The lowest BCUT2D eigenvalue weighted by atomic mass is 9.71. The highest BCUT2D eigenvalue weighted by atomic mass is 32.2. The van der Waals surface area contributed by atoms with Gasteiger partial charge in [-0.15, -0.1) is 11.8 Å². The third-order valence-electron chi connectivity index (χ3n) is 5.01. The van der Waals surface area contributed by atoms with Crippen molar-refractivity contribution in [3.63, 3.8) is 0 Å². The fourth-order valence-corrected chi connectivity index (χ4v) is 5.20. The van der Waals surface area contributed by atoms with E-state index < -0.39 is 0 Å². The number of fused-ring (bicyclic) bond motifs is 1. The third-order valence-corrected chi connectivity index (χ3v) is 6.26. The first-order valence-corrected chi connectivity index (χ1v) is 8.69. The Morgan fingerprint density at radius 2 is 2.21 bits per heavy atom. The average molecular weight is 275 g/mol. The molecular formula is C17H25NS. The molecule has 1 heterocycles. The monoisotopic (exact) mass is 275 g/mol. The fourth-order valence-electron chi connectivity index (χ4n) is 3.94. The molecule has 3 atom stereocenters. The Bertz CT molecular complexity index is 445. The highest BCUT2D eigenvalue weighted by Crippen LogP contribution is 2.45. The molecule has 1 nitrogen and oxygen atoms in total. The van der Waals surface area contributed by atoms with Gasteiger partial charge in [0, 0.05) is 16.2 Å². The van der Waals surface area contributed by atoms with E-state index in [4.69, 9.17) is 5.73 Å². The van der Waals surface area contributed by atoms with Gasteiger partial charge in [-0.05, 0) is 42.7 Å². The number of hydrogen-bond acceptors (Lipinski definition) is 2. The molecule has 2 N–H and O–H groups in total. The summed E-state index contributed by atoms with van der Waals surface area (Å²) < 4.78 is 0. The highest BCUT2D eigenvalue weighted by molar-refractivity contribution is 7.99. The van der Waals surface area contributed by atoms with E-state index in [1.54, 1.807) is 5.56 Å². The molecule has 0 radical (unpaired) electrons. The van der Waals surface area contributed by atoms with Gasteiger partial charge < -0.3 is 5.73 Å². The lowest BCUT2D eigenvalue weighted by molar-refractivity contribution is 0.200. The van der Waals surface area contributed by atoms with Crippen LogP contribution in [0, 0.1) is 5.92 Å². The van der Waals surface area contributed by atoms with Crippen molar-refractivity contribution in [1.82, 2.24) is 0 Å². The zero-order chi connectivity index (χ0) is 13.3. The Morgan fingerprint density at radius 3 is 3.05 bits per heavy atom. The van der Waals surface area contributed by atoms with Crippen LogP contribution in [0.25, 0.3) is 0 Å². The maximum absolute atomic E-state index is 6.75. The van der Waals surface area contributed by atoms with Crippen LogP contribution in [0.3, 0.4) is 0 Å². The molecule has 3 unspecified atom stereocenters. The molecule has 0 aromatic heterocycles. The first-order chi connectivity index (χ1) is 9.20. The van der Waals surface area contributed by atoms with Crippen LogP contribution >= 0.6 is 11.8 Å². The summed E-state index contributed by atoms with van der Waals surface area (Å²) in [4.78, 5) is 1.49. The Kier molecular flexibility index (Phi) is 3.91. The van der Waals surface area contributed by atoms with Crippen molar-refractivity contribution in [2.75, 3.05) is 5.75 Å². The first-order valence-electron chi connectivity index (χ1n) is 7.71. The molecule has 0 saturated heterocycles. The van der Waals surface area contributed by atoms with E-state index in [1.807, 2.05) is 11.8 Å². The third kappa shape index (κ3) is 2.85. The SMILES string of the molecule is CCC1CCCC(N)(CC2CSc3ccccc32)C1. The summed E-state index contributed by atoms with van der Waals surface area (Å²) in [5.41, 5.74) is 8.40. The van der Waals surface area contributed by atoms with E-state index >= 15 is 0 Å². The summed E-state index contributed by atoms with van der Waals surface area (Å²) in [6.07, 6.45) is 7.68. The van der Waals surface area contributed by atoms with E-state index in [0.29, 0.717) is 5.92 Å².